The Morgan fingerprint density at radius 2 is 1.19 bits per heavy atom. The van der Waals surface area contributed by atoms with E-state index < -0.39 is 5.43 Å². The van der Waals surface area contributed by atoms with Gasteiger partial charge in [-0.05, 0) is 28.8 Å². The van der Waals surface area contributed by atoms with Crippen LogP contribution < -0.4 is 15.8 Å². The van der Waals surface area contributed by atoms with Crippen LogP contribution in [0.15, 0.2) is 94.5 Å². The predicted octanol–water partition coefficient (Wildman–Crippen LogP) is 4.51. The summed E-state index contributed by atoms with van der Waals surface area (Å²) in [5.74, 6) is 0. The van der Waals surface area contributed by atoms with Gasteiger partial charge in [0, 0.05) is 31.2 Å². The molecule has 0 saturated carbocycles. The molecule has 0 unspecified atom stereocenters. The summed E-state index contributed by atoms with van der Waals surface area (Å²) >= 11 is 5.99. The minimum absolute atomic E-state index is 0.156. The van der Waals surface area contributed by atoms with Gasteiger partial charge in [-0.15, -0.1) is 0 Å². The van der Waals surface area contributed by atoms with Gasteiger partial charge in [0.05, 0.1) is 11.6 Å². The molecular weight excluding hydrogens is 420 g/mol. The van der Waals surface area contributed by atoms with Crippen LogP contribution in [0.4, 0.5) is 5.69 Å². The van der Waals surface area contributed by atoms with Gasteiger partial charge in [-0.25, -0.2) is 0 Å². The first-order chi connectivity index (χ1) is 15.6. The Morgan fingerprint density at radius 1 is 0.656 bits per heavy atom. The lowest BCUT2D eigenvalue weighted by molar-refractivity contribution is 0.212. The molecule has 160 valence electrons. The van der Waals surface area contributed by atoms with E-state index in [2.05, 4.69) is 58.3 Å². The van der Waals surface area contributed by atoms with Crippen LogP contribution in [0.5, 0.6) is 0 Å². The van der Waals surface area contributed by atoms with Gasteiger partial charge in [0.15, 0.2) is 0 Å². The molecule has 1 aliphatic rings. The van der Waals surface area contributed by atoms with Crippen molar-refractivity contribution in [2.75, 3.05) is 31.1 Å². The van der Waals surface area contributed by atoms with Crippen molar-refractivity contribution in [3.8, 4) is 11.1 Å². The first-order valence-electron chi connectivity index (χ1n) is 10.8. The van der Waals surface area contributed by atoms with E-state index in [1.165, 1.54) is 11.1 Å². The zero-order chi connectivity index (χ0) is 22.1. The standard InChI is InChI=1S/C27H23ClN2O2/c28-22-13-11-19(12-14-22)23-25(27(32)26(23)31)30-17-15-29(16-18-30)24(20-7-3-1-4-8-20)21-9-5-2-6-10-21/h1-14,24H,15-18H2. The summed E-state index contributed by atoms with van der Waals surface area (Å²) < 4.78 is 0. The highest BCUT2D eigenvalue weighted by molar-refractivity contribution is 6.30. The number of nitrogens with zero attached hydrogens (tertiary/aromatic N) is 2. The van der Waals surface area contributed by atoms with Crippen LogP contribution in [0.3, 0.4) is 0 Å². The van der Waals surface area contributed by atoms with E-state index in [0.717, 1.165) is 18.7 Å². The van der Waals surface area contributed by atoms with Crippen molar-refractivity contribution in [3.05, 3.63) is 122 Å². The fourth-order valence-electron chi connectivity index (χ4n) is 4.65. The number of piperazine rings is 1. The first-order valence-corrected chi connectivity index (χ1v) is 11.2. The Labute approximate surface area is 192 Å². The number of hydrogen-bond acceptors (Lipinski definition) is 4. The third-order valence-electron chi connectivity index (χ3n) is 6.24. The molecular formula is C27H23ClN2O2. The van der Waals surface area contributed by atoms with E-state index in [1.54, 1.807) is 24.3 Å². The van der Waals surface area contributed by atoms with E-state index in [9.17, 15) is 9.59 Å². The minimum Gasteiger partial charge on any atom is -0.365 e. The minimum atomic E-state index is -0.406. The largest absolute Gasteiger partial charge is 0.365 e. The lowest BCUT2D eigenvalue weighted by Crippen LogP contribution is -2.52. The molecule has 1 saturated heterocycles. The second-order valence-corrected chi connectivity index (χ2v) is 8.57. The molecule has 32 heavy (non-hydrogen) atoms. The summed E-state index contributed by atoms with van der Waals surface area (Å²) in [6.45, 7) is 2.99. The molecule has 0 spiro atoms. The highest BCUT2D eigenvalue weighted by atomic mass is 35.5. The topological polar surface area (TPSA) is 40.6 Å². The molecule has 1 fully saturated rings. The number of anilines is 1. The van der Waals surface area contributed by atoms with E-state index >= 15 is 0 Å². The molecule has 0 atom stereocenters. The van der Waals surface area contributed by atoms with Gasteiger partial charge in [-0.2, -0.15) is 0 Å². The maximum absolute atomic E-state index is 12.5. The Morgan fingerprint density at radius 3 is 1.72 bits per heavy atom. The fraction of sp³-hybridized carbons (Fsp3) is 0.185. The van der Waals surface area contributed by atoms with Crippen molar-refractivity contribution in [3.63, 3.8) is 0 Å². The molecule has 0 aliphatic carbocycles. The van der Waals surface area contributed by atoms with E-state index in [1.807, 2.05) is 12.1 Å². The molecule has 0 amide bonds. The molecule has 5 rings (SSSR count). The maximum Gasteiger partial charge on any atom is 0.250 e. The lowest BCUT2D eigenvalue weighted by atomic mass is 9.95. The number of rotatable bonds is 5. The average Bonchev–Trinajstić information content (AvgIpc) is 2.85. The van der Waals surface area contributed by atoms with Gasteiger partial charge >= 0.3 is 0 Å². The van der Waals surface area contributed by atoms with Crippen molar-refractivity contribution < 1.29 is 0 Å². The molecule has 5 heteroatoms. The fourth-order valence-corrected chi connectivity index (χ4v) is 4.78. The summed E-state index contributed by atoms with van der Waals surface area (Å²) in [6.07, 6.45) is 0. The number of hydrogen-bond donors (Lipinski definition) is 0. The van der Waals surface area contributed by atoms with E-state index in [-0.39, 0.29) is 11.5 Å². The summed E-state index contributed by atoms with van der Waals surface area (Å²) in [7, 11) is 0. The summed E-state index contributed by atoms with van der Waals surface area (Å²) in [6, 6.07) is 28.3. The molecule has 4 aromatic rings. The summed E-state index contributed by atoms with van der Waals surface area (Å²) in [4.78, 5) is 29.4. The Bertz CT molecular complexity index is 1230. The van der Waals surface area contributed by atoms with Crippen LogP contribution in [-0.2, 0) is 0 Å². The highest BCUT2D eigenvalue weighted by Crippen LogP contribution is 2.32. The van der Waals surface area contributed by atoms with Gasteiger partial charge in [-0.1, -0.05) is 84.4 Å². The summed E-state index contributed by atoms with van der Waals surface area (Å²) in [5.41, 5.74) is 3.53. The number of halogens is 1. The van der Waals surface area contributed by atoms with Crippen LogP contribution in [0.1, 0.15) is 17.2 Å². The van der Waals surface area contributed by atoms with Crippen LogP contribution in [0.2, 0.25) is 5.02 Å². The summed E-state index contributed by atoms with van der Waals surface area (Å²) in [5, 5.41) is 0.607. The lowest BCUT2D eigenvalue weighted by Gasteiger charge is -2.41. The normalized spacial score (nSPS) is 14.9. The second kappa shape index (κ2) is 8.73. The Balaban J connectivity index is 1.40. The SMILES string of the molecule is O=c1c(-c2ccc(Cl)cc2)c(N2CCN(C(c3ccccc3)c3ccccc3)CC2)c1=O. The van der Waals surface area contributed by atoms with Gasteiger partial charge in [0.1, 0.15) is 5.69 Å². The number of benzene rings is 3. The molecule has 0 aromatic heterocycles. The molecule has 4 nitrogen and oxygen atoms in total. The van der Waals surface area contributed by atoms with Crippen LogP contribution in [0.25, 0.3) is 11.1 Å². The zero-order valence-electron chi connectivity index (χ0n) is 17.6. The molecule has 1 aliphatic heterocycles. The second-order valence-electron chi connectivity index (χ2n) is 8.14. The predicted molar refractivity (Wildman–Crippen MR) is 130 cm³/mol. The van der Waals surface area contributed by atoms with Crippen LogP contribution in [-0.4, -0.2) is 31.1 Å². The quantitative estimate of drug-likeness (QED) is 0.426. The highest BCUT2D eigenvalue weighted by Gasteiger charge is 2.31. The molecule has 0 radical (unpaired) electrons. The van der Waals surface area contributed by atoms with Crippen molar-refractivity contribution in [2.45, 2.75) is 6.04 Å². The van der Waals surface area contributed by atoms with Crippen LogP contribution >= 0.6 is 11.6 Å². The van der Waals surface area contributed by atoms with Gasteiger partial charge in [0.2, 0.25) is 10.9 Å². The van der Waals surface area contributed by atoms with E-state index in [0.29, 0.717) is 29.4 Å². The molecule has 4 aromatic carbocycles. The molecule has 1 heterocycles. The van der Waals surface area contributed by atoms with E-state index in [4.69, 9.17) is 11.6 Å². The maximum atomic E-state index is 12.5. The molecule has 0 bridgehead atoms. The van der Waals surface area contributed by atoms with Gasteiger partial charge in [0.25, 0.3) is 0 Å². The zero-order valence-corrected chi connectivity index (χ0v) is 18.3. The van der Waals surface area contributed by atoms with Gasteiger partial charge < -0.3 is 4.90 Å². The Hall–Kier alpha value is -3.21. The smallest absolute Gasteiger partial charge is 0.250 e. The average molecular weight is 443 g/mol. The van der Waals surface area contributed by atoms with Crippen molar-refractivity contribution >= 4 is 17.3 Å². The third kappa shape index (κ3) is 3.77. The first kappa shape index (κ1) is 20.7. The third-order valence-corrected chi connectivity index (χ3v) is 6.50. The molecule has 0 N–H and O–H groups in total. The van der Waals surface area contributed by atoms with Gasteiger partial charge in [-0.3, -0.25) is 14.5 Å². The Kier molecular flexibility index (Phi) is 5.64. The van der Waals surface area contributed by atoms with Crippen molar-refractivity contribution in [2.24, 2.45) is 0 Å². The van der Waals surface area contributed by atoms with Crippen molar-refractivity contribution in [1.82, 2.24) is 4.90 Å². The van der Waals surface area contributed by atoms with Crippen molar-refractivity contribution in [1.29, 1.82) is 0 Å². The van der Waals surface area contributed by atoms with Crippen LogP contribution in [0, 0.1) is 0 Å². The monoisotopic (exact) mass is 442 g/mol.